The van der Waals surface area contributed by atoms with Gasteiger partial charge in [0, 0.05) is 0 Å². The third-order valence-electron chi connectivity index (χ3n) is 1.71. The first-order valence-electron chi connectivity index (χ1n) is 3.94. The highest BCUT2D eigenvalue weighted by atomic mass is 79.9. The van der Waals surface area contributed by atoms with E-state index in [1.807, 2.05) is 0 Å². The number of alkyl halides is 5. The van der Waals surface area contributed by atoms with Crippen molar-refractivity contribution in [2.75, 3.05) is 0 Å². The van der Waals surface area contributed by atoms with Gasteiger partial charge in [0.1, 0.15) is 5.75 Å². The van der Waals surface area contributed by atoms with Crippen LogP contribution in [0.4, 0.5) is 13.2 Å². The number of benzene rings is 1. The highest BCUT2D eigenvalue weighted by Gasteiger charge is 2.31. The maximum atomic E-state index is 11.9. The van der Waals surface area contributed by atoms with Gasteiger partial charge in [-0.25, -0.2) is 0 Å². The smallest absolute Gasteiger partial charge is 0.406 e. The highest BCUT2D eigenvalue weighted by molar-refractivity contribution is 9.24. The number of hydrogen-bond acceptors (Lipinski definition) is 1. The Morgan fingerprint density at radius 2 is 1.87 bits per heavy atom. The summed E-state index contributed by atoms with van der Waals surface area (Å²) in [5, 5.41) is 0. The Morgan fingerprint density at radius 1 is 1.27 bits per heavy atom. The van der Waals surface area contributed by atoms with E-state index in [9.17, 15) is 13.2 Å². The molecule has 1 nitrogen and oxygen atoms in total. The Balaban J connectivity index is 2.92. The first kappa shape index (κ1) is 12.8. The van der Waals surface area contributed by atoms with Crippen LogP contribution >= 0.6 is 31.9 Å². The summed E-state index contributed by atoms with van der Waals surface area (Å²) in [5.74, 6) is -0.204. The van der Waals surface area contributed by atoms with Gasteiger partial charge in [-0.3, -0.25) is 0 Å². The van der Waals surface area contributed by atoms with Crippen LogP contribution in [0, 0.1) is 6.92 Å². The van der Waals surface area contributed by atoms with E-state index in [0.717, 1.165) is 11.1 Å². The Labute approximate surface area is 102 Å². The van der Waals surface area contributed by atoms with Gasteiger partial charge in [-0.2, -0.15) is 0 Å². The molecule has 0 saturated heterocycles. The molecule has 0 aromatic heterocycles. The molecule has 0 unspecified atom stereocenters. The van der Waals surface area contributed by atoms with Crippen LogP contribution in [0.5, 0.6) is 5.75 Å². The summed E-state index contributed by atoms with van der Waals surface area (Å²) in [6.07, 6.45) is -4.64. The van der Waals surface area contributed by atoms with Gasteiger partial charge in [-0.15, -0.1) is 13.2 Å². The molecule has 0 aliphatic heterocycles. The second-order valence-corrected chi connectivity index (χ2v) is 5.93. The summed E-state index contributed by atoms with van der Waals surface area (Å²) in [4.78, 5) is 0. The Kier molecular flexibility index (Phi) is 4.06. The number of halogens is 5. The predicted molar refractivity (Wildman–Crippen MR) is 58.5 cm³/mol. The monoisotopic (exact) mass is 346 g/mol. The van der Waals surface area contributed by atoms with E-state index in [4.69, 9.17) is 0 Å². The average Bonchev–Trinajstić information content (AvgIpc) is 1.99. The van der Waals surface area contributed by atoms with Crippen LogP contribution in [-0.2, 0) is 0 Å². The van der Waals surface area contributed by atoms with Crippen molar-refractivity contribution < 1.29 is 17.9 Å². The van der Waals surface area contributed by atoms with Gasteiger partial charge in [0.25, 0.3) is 0 Å². The zero-order valence-electron chi connectivity index (χ0n) is 7.61. The lowest BCUT2D eigenvalue weighted by Gasteiger charge is -2.12. The minimum Gasteiger partial charge on any atom is -0.406 e. The zero-order chi connectivity index (χ0) is 11.6. The third-order valence-corrected chi connectivity index (χ3v) is 2.70. The van der Waals surface area contributed by atoms with E-state index in [2.05, 4.69) is 36.6 Å². The number of aryl methyl sites for hydroxylation is 1. The van der Waals surface area contributed by atoms with E-state index in [-0.39, 0.29) is 9.49 Å². The summed E-state index contributed by atoms with van der Waals surface area (Å²) >= 11 is 6.55. The highest BCUT2D eigenvalue weighted by Crippen LogP contribution is 2.34. The van der Waals surface area contributed by atoms with Crippen molar-refractivity contribution in [3.05, 3.63) is 29.3 Å². The summed E-state index contributed by atoms with van der Waals surface area (Å²) < 4.78 is 39.4. The zero-order valence-corrected chi connectivity index (χ0v) is 10.8. The maximum absolute atomic E-state index is 11.9. The first-order chi connectivity index (χ1) is 6.79. The Bertz CT molecular complexity index is 350. The van der Waals surface area contributed by atoms with Gasteiger partial charge in [0.2, 0.25) is 0 Å². The normalized spacial score (nSPS) is 11.9. The van der Waals surface area contributed by atoms with E-state index in [1.165, 1.54) is 12.1 Å². The third kappa shape index (κ3) is 4.03. The lowest BCUT2D eigenvalue weighted by atomic mass is 10.1. The maximum Gasteiger partial charge on any atom is 0.573 e. The molecule has 1 aromatic carbocycles. The van der Waals surface area contributed by atoms with Crippen LogP contribution < -0.4 is 4.74 Å². The second-order valence-electron chi connectivity index (χ2n) is 2.87. The molecule has 0 spiro atoms. The van der Waals surface area contributed by atoms with Crippen molar-refractivity contribution in [2.24, 2.45) is 0 Å². The van der Waals surface area contributed by atoms with Gasteiger partial charge in [0.05, 0.1) is 3.74 Å². The molecule has 0 radical (unpaired) electrons. The fourth-order valence-corrected chi connectivity index (χ4v) is 2.12. The van der Waals surface area contributed by atoms with Crippen LogP contribution in [-0.4, -0.2) is 6.36 Å². The lowest BCUT2D eigenvalue weighted by molar-refractivity contribution is -0.274. The molecule has 0 amide bonds. The molecule has 0 aliphatic rings. The standard InChI is InChI=1S/C9H7Br2F3O/c1-5-4-6(15-9(12,13)14)2-3-7(5)8(10)11/h2-4,8H,1H3. The van der Waals surface area contributed by atoms with Crippen molar-refractivity contribution in [3.8, 4) is 5.75 Å². The van der Waals surface area contributed by atoms with Crippen LogP contribution in [0.1, 0.15) is 14.9 Å². The minimum absolute atomic E-state index is 0.0788. The van der Waals surface area contributed by atoms with Crippen LogP contribution in [0.15, 0.2) is 18.2 Å². The Morgan fingerprint density at radius 3 is 2.27 bits per heavy atom. The van der Waals surface area contributed by atoms with Gasteiger partial charge in [-0.05, 0) is 30.2 Å². The van der Waals surface area contributed by atoms with Crippen molar-refractivity contribution in [1.29, 1.82) is 0 Å². The van der Waals surface area contributed by atoms with E-state index < -0.39 is 6.36 Å². The minimum atomic E-state index is -4.64. The van der Waals surface area contributed by atoms with E-state index >= 15 is 0 Å². The molecular formula is C9H7Br2F3O. The number of rotatable bonds is 2. The molecule has 0 saturated carbocycles. The topological polar surface area (TPSA) is 9.23 Å². The summed E-state index contributed by atoms with van der Waals surface area (Å²) in [5.41, 5.74) is 1.58. The fraction of sp³-hybridized carbons (Fsp3) is 0.333. The Hall–Kier alpha value is -0.230. The van der Waals surface area contributed by atoms with Crippen LogP contribution in [0.2, 0.25) is 0 Å². The molecule has 6 heteroatoms. The lowest BCUT2D eigenvalue weighted by Crippen LogP contribution is -2.17. The first-order valence-corrected chi connectivity index (χ1v) is 5.77. The van der Waals surface area contributed by atoms with Crippen LogP contribution in [0.3, 0.4) is 0 Å². The molecule has 0 atom stereocenters. The number of hydrogen-bond donors (Lipinski definition) is 0. The van der Waals surface area contributed by atoms with Crippen molar-refractivity contribution in [1.82, 2.24) is 0 Å². The molecule has 15 heavy (non-hydrogen) atoms. The van der Waals surface area contributed by atoms with E-state index in [0.29, 0.717) is 0 Å². The number of ether oxygens (including phenoxy) is 1. The molecule has 0 fully saturated rings. The summed E-state index contributed by atoms with van der Waals surface area (Å²) in [7, 11) is 0. The molecule has 84 valence electrons. The summed E-state index contributed by atoms with van der Waals surface area (Å²) in [6, 6.07) is 4.20. The quantitative estimate of drug-likeness (QED) is 0.706. The van der Waals surface area contributed by atoms with Crippen molar-refractivity contribution in [3.63, 3.8) is 0 Å². The largest absolute Gasteiger partial charge is 0.573 e. The molecule has 0 heterocycles. The van der Waals surface area contributed by atoms with Gasteiger partial charge >= 0.3 is 6.36 Å². The van der Waals surface area contributed by atoms with Gasteiger partial charge in [-0.1, -0.05) is 37.9 Å². The predicted octanol–water partition coefficient (Wildman–Crippen LogP) is 4.68. The van der Waals surface area contributed by atoms with E-state index in [1.54, 1.807) is 13.0 Å². The van der Waals surface area contributed by atoms with Gasteiger partial charge in [0.15, 0.2) is 0 Å². The molecule has 0 N–H and O–H groups in total. The van der Waals surface area contributed by atoms with Crippen LogP contribution in [0.25, 0.3) is 0 Å². The average molecular weight is 348 g/mol. The molecule has 1 rings (SSSR count). The second kappa shape index (κ2) is 4.74. The summed E-state index contributed by atoms with van der Waals surface area (Å²) in [6.45, 7) is 1.72. The molecule has 1 aromatic rings. The fourth-order valence-electron chi connectivity index (χ4n) is 1.09. The SMILES string of the molecule is Cc1cc(OC(F)(F)F)ccc1C(Br)Br. The van der Waals surface area contributed by atoms with Crippen molar-refractivity contribution >= 4 is 31.9 Å². The molecule has 0 aliphatic carbocycles. The molecule has 0 bridgehead atoms. The van der Waals surface area contributed by atoms with Crippen molar-refractivity contribution in [2.45, 2.75) is 17.0 Å². The van der Waals surface area contributed by atoms with Gasteiger partial charge < -0.3 is 4.74 Å². The molecular weight excluding hydrogens is 341 g/mol.